The summed E-state index contributed by atoms with van der Waals surface area (Å²) in [4.78, 5) is 13.0. The van der Waals surface area contributed by atoms with Gasteiger partial charge >= 0.3 is 6.03 Å². The molecule has 0 spiro atoms. The van der Waals surface area contributed by atoms with E-state index in [1.807, 2.05) is 12.1 Å². The third-order valence-electron chi connectivity index (χ3n) is 2.79. The molecule has 1 aliphatic rings. The van der Waals surface area contributed by atoms with Crippen molar-refractivity contribution in [1.29, 1.82) is 0 Å². The summed E-state index contributed by atoms with van der Waals surface area (Å²) in [5, 5.41) is 13.6. The van der Waals surface area contributed by atoms with Crippen molar-refractivity contribution in [2.45, 2.75) is 0 Å². The van der Waals surface area contributed by atoms with Crippen LogP contribution in [0.1, 0.15) is 5.56 Å². The molecule has 0 radical (unpaired) electrons. The van der Waals surface area contributed by atoms with Gasteiger partial charge in [0.1, 0.15) is 19.4 Å². The monoisotopic (exact) mass is 263 g/mol. The molecule has 0 saturated carbocycles. The Kier molecular flexibility index (Phi) is 4.22. The molecule has 1 aromatic carbocycles. The van der Waals surface area contributed by atoms with E-state index >= 15 is 0 Å². The van der Waals surface area contributed by atoms with E-state index in [-0.39, 0.29) is 6.03 Å². The molecule has 102 valence electrons. The van der Waals surface area contributed by atoms with Gasteiger partial charge in [0.2, 0.25) is 0 Å². The van der Waals surface area contributed by atoms with Crippen LogP contribution < -0.4 is 10.1 Å². The van der Waals surface area contributed by atoms with Crippen LogP contribution in [0.25, 0.3) is 0 Å². The molecule has 0 atom stereocenters. The Balaban J connectivity index is 1.80. The van der Waals surface area contributed by atoms with Crippen molar-refractivity contribution >= 4 is 12.2 Å². The molecule has 0 unspecified atom stereocenters. The fourth-order valence-electron chi connectivity index (χ4n) is 1.86. The summed E-state index contributed by atoms with van der Waals surface area (Å²) in [6, 6.07) is 7.20. The highest BCUT2D eigenvalue weighted by atomic mass is 16.5. The summed E-state index contributed by atoms with van der Waals surface area (Å²) in [6.07, 6.45) is 1.48. The van der Waals surface area contributed by atoms with Gasteiger partial charge in [-0.1, -0.05) is 0 Å². The molecule has 1 aromatic rings. The molecule has 1 N–H and O–H groups in total. The Morgan fingerprint density at radius 1 is 1.47 bits per heavy atom. The summed E-state index contributed by atoms with van der Waals surface area (Å²) in [5.41, 5.74) is 0.823. The summed E-state index contributed by atoms with van der Waals surface area (Å²) >= 11 is 0. The molecule has 19 heavy (non-hydrogen) atoms. The number of hydrogen-bond donors (Lipinski definition) is 1. The van der Waals surface area contributed by atoms with E-state index in [4.69, 9.17) is 4.74 Å². The maximum Gasteiger partial charge on any atom is 0.317 e. The Bertz CT molecular complexity index is 467. The van der Waals surface area contributed by atoms with Gasteiger partial charge in [-0.3, -0.25) is 0 Å². The van der Waals surface area contributed by atoms with Crippen molar-refractivity contribution in [2.75, 3.05) is 33.3 Å². The lowest BCUT2D eigenvalue weighted by atomic mass is 10.2. The molecule has 6 nitrogen and oxygen atoms in total. The molecule has 2 rings (SSSR count). The number of rotatable bonds is 5. The second kappa shape index (κ2) is 6.08. The number of nitrogens with one attached hydrogen (secondary N) is 1. The number of hydroxylamine groups is 1. The lowest BCUT2D eigenvalue weighted by Gasteiger charge is -2.14. The van der Waals surface area contributed by atoms with Crippen molar-refractivity contribution in [2.24, 2.45) is 0 Å². The van der Waals surface area contributed by atoms with Gasteiger partial charge in [0, 0.05) is 18.7 Å². The lowest BCUT2D eigenvalue weighted by Crippen LogP contribution is -2.31. The van der Waals surface area contributed by atoms with Crippen LogP contribution in [0.4, 0.5) is 4.79 Å². The number of hydrogen-bond acceptors (Lipinski definition) is 3. The fourth-order valence-corrected chi connectivity index (χ4v) is 1.86. The number of carbonyl (C=O) groups excluding carboxylic acids is 1. The van der Waals surface area contributed by atoms with Crippen LogP contribution in [-0.4, -0.2) is 55.2 Å². The Labute approximate surface area is 111 Å². The van der Waals surface area contributed by atoms with E-state index in [0.717, 1.165) is 22.6 Å². The molecule has 0 aliphatic carbocycles. The van der Waals surface area contributed by atoms with E-state index in [1.165, 1.54) is 13.3 Å². The average molecular weight is 263 g/mol. The van der Waals surface area contributed by atoms with E-state index in [2.05, 4.69) is 5.32 Å². The number of nitrogens with zero attached hydrogens (tertiary/aromatic N) is 2. The highest BCUT2D eigenvalue weighted by Gasteiger charge is 2.18. The molecule has 2 amide bonds. The van der Waals surface area contributed by atoms with Gasteiger partial charge in [-0.05, 0) is 24.3 Å². The second-order valence-corrected chi connectivity index (χ2v) is 4.31. The Hall–Kier alpha value is -2.24. The zero-order valence-electron chi connectivity index (χ0n) is 10.8. The van der Waals surface area contributed by atoms with Crippen molar-refractivity contribution in [3.8, 4) is 5.75 Å². The molecule has 1 heterocycles. The van der Waals surface area contributed by atoms with Crippen molar-refractivity contribution in [1.82, 2.24) is 10.2 Å². The van der Waals surface area contributed by atoms with Gasteiger partial charge in [-0.25, -0.2) is 9.53 Å². The zero-order valence-corrected chi connectivity index (χ0v) is 10.8. The fraction of sp³-hybridized carbons (Fsp3) is 0.385. The molecular formula is C13H17N3O3. The number of benzene rings is 1. The van der Waals surface area contributed by atoms with Crippen molar-refractivity contribution in [3.63, 3.8) is 0 Å². The highest BCUT2D eigenvalue weighted by molar-refractivity contribution is 5.76. The van der Waals surface area contributed by atoms with Crippen molar-refractivity contribution < 1.29 is 14.3 Å². The quantitative estimate of drug-likeness (QED) is 0.367. The number of amides is 2. The summed E-state index contributed by atoms with van der Waals surface area (Å²) < 4.78 is 6.30. The molecule has 0 aromatic heterocycles. The Morgan fingerprint density at radius 2 is 2.21 bits per heavy atom. The van der Waals surface area contributed by atoms with Crippen molar-refractivity contribution in [3.05, 3.63) is 35.0 Å². The first-order valence-corrected chi connectivity index (χ1v) is 6.15. The second-order valence-electron chi connectivity index (χ2n) is 4.31. The molecule has 1 aliphatic heterocycles. The standard InChI is InChI=1S/C13H17N3O3/c1-15(18)10-11-2-4-12(5-3-11)19-9-8-16-7-6-14-13(16)17/h2-5,10H,6-9H2,1H3,(H,14,17)/b15-10-. The normalized spacial score (nSPS) is 15.5. The topological polar surface area (TPSA) is 67.6 Å². The Morgan fingerprint density at radius 3 is 2.79 bits per heavy atom. The first-order chi connectivity index (χ1) is 9.15. The molecule has 1 saturated heterocycles. The minimum atomic E-state index is -0.0352. The smallest absolute Gasteiger partial charge is 0.317 e. The van der Waals surface area contributed by atoms with Crippen LogP contribution in [0.5, 0.6) is 5.75 Å². The zero-order chi connectivity index (χ0) is 13.7. The van der Waals surface area contributed by atoms with Crippen LogP contribution in [0, 0.1) is 5.21 Å². The predicted octanol–water partition coefficient (Wildman–Crippen LogP) is 0.650. The van der Waals surface area contributed by atoms with Gasteiger partial charge in [0.15, 0.2) is 6.21 Å². The average Bonchev–Trinajstić information content (AvgIpc) is 2.77. The summed E-state index contributed by atoms with van der Waals surface area (Å²) in [7, 11) is 1.44. The van der Waals surface area contributed by atoms with E-state index in [9.17, 15) is 10.0 Å². The summed E-state index contributed by atoms with van der Waals surface area (Å²) in [5.74, 6) is 0.727. The lowest BCUT2D eigenvalue weighted by molar-refractivity contribution is -0.416. The minimum absolute atomic E-state index is 0.0352. The molecule has 6 heteroatoms. The van der Waals surface area contributed by atoms with Gasteiger partial charge in [0.05, 0.1) is 6.54 Å². The van der Waals surface area contributed by atoms with E-state index < -0.39 is 0 Å². The number of urea groups is 1. The van der Waals surface area contributed by atoms with Crippen LogP contribution in [0.2, 0.25) is 0 Å². The predicted molar refractivity (Wildman–Crippen MR) is 71.6 cm³/mol. The van der Waals surface area contributed by atoms with Crippen LogP contribution >= 0.6 is 0 Å². The molecular weight excluding hydrogens is 246 g/mol. The third kappa shape index (κ3) is 3.87. The van der Waals surface area contributed by atoms with Gasteiger partial charge < -0.3 is 20.2 Å². The molecule has 1 fully saturated rings. The maximum atomic E-state index is 11.3. The van der Waals surface area contributed by atoms with E-state index in [1.54, 1.807) is 17.0 Å². The summed E-state index contributed by atoms with van der Waals surface area (Å²) in [6.45, 7) is 2.46. The van der Waals surface area contributed by atoms with Gasteiger partial charge in [0.25, 0.3) is 0 Å². The highest BCUT2D eigenvalue weighted by Crippen LogP contribution is 2.11. The molecule has 0 bridgehead atoms. The van der Waals surface area contributed by atoms with Crippen LogP contribution in [-0.2, 0) is 0 Å². The van der Waals surface area contributed by atoms with E-state index in [0.29, 0.717) is 19.7 Å². The maximum absolute atomic E-state index is 11.3. The van der Waals surface area contributed by atoms with Crippen LogP contribution in [0.3, 0.4) is 0 Å². The van der Waals surface area contributed by atoms with Crippen LogP contribution in [0.15, 0.2) is 24.3 Å². The van der Waals surface area contributed by atoms with Gasteiger partial charge in [-0.15, -0.1) is 0 Å². The largest absolute Gasteiger partial charge is 0.624 e. The first-order valence-electron chi connectivity index (χ1n) is 6.15. The number of ether oxygens (including phenoxy) is 1. The van der Waals surface area contributed by atoms with Gasteiger partial charge in [-0.2, -0.15) is 0 Å². The minimum Gasteiger partial charge on any atom is -0.624 e. The third-order valence-corrected chi connectivity index (χ3v) is 2.79. The SMILES string of the molecule is C/[N+]([O-])=C/c1ccc(OCCN2CCNC2=O)cc1. The first kappa shape index (κ1) is 13.2. The number of carbonyl (C=O) groups is 1.